The molecule has 5 rings (SSSR count). The Morgan fingerprint density at radius 1 is 1.17 bits per heavy atom. The number of anilines is 1. The molecule has 2 aliphatic rings. The number of likely N-dealkylation sites (tertiary alicyclic amines) is 1. The number of amides is 1. The van der Waals surface area contributed by atoms with Crippen molar-refractivity contribution in [2.45, 2.75) is 37.6 Å². The molecule has 2 aliphatic heterocycles. The Balaban J connectivity index is 1.26. The second kappa shape index (κ2) is 9.76. The first-order chi connectivity index (χ1) is 17.2. The van der Waals surface area contributed by atoms with Gasteiger partial charge in [0.25, 0.3) is 0 Å². The van der Waals surface area contributed by atoms with E-state index in [9.17, 15) is 13.2 Å². The van der Waals surface area contributed by atoms with Crippen molar-refractivity contribution in [1.82, 2.24) is 19.3 Å². The number of nitrogens with zero attached hydrogens (tertiary/aromatic N) is 5. The van der Waals surface area contributed by atoms with E-state index in [2.05, 4.69) is 15.0 Å². The van der Waals surface area contributed by atoms with Crippen molar-refractivity contribution in [2.75, 3.05) is 38.6 Å². The zero-order valence-electron chi connectivity index (χ0n) is 20.8. The minimum atomic E-state index is -3.51. The molecule has 0 bridgehead atoms. The molecular formula is C26H31N5O4S. The Morgan fingerprint density at radius 3 is 2.75 bits per heavy atom. The Kier molecular flexibility index (Phi) is 6.67. The van der Waals surface area contributed by atoms with Gasteiger partial charge in [-0.15, -0.1) is 0 Å². The summed E-state index contributed by atoms with van der Waals surface area (Å²) in [5.41, 5.74) is 3.75. The molecule has 1 atom stereocenters. The summed E-state index contributed by atoms with van der Waals surface area (Å²) in [4.78, 5) is 22.4. The molecule has 2 aromatic carbocycles. The monoisotopic (exact) mass is 509 g/mol. The number of aryl methyl sites for hydroxylation is 1. The smallest absolute Gasteiger partial charge is 0.242 e. The first-order valence-corrected chi connectivity index (χ1v) is 13.7. The first-order valence-electron chi connectivity index (χ1n) is 12.2. The minimum Gasteiger partial charge on any atom is -0.338 e. The van der Waals surface area contributed by atoms with Gasteiger partial charge in [-0.1, -0.05) is 29.4 Å². The topological polar surface area (TPSA) is 99.8 Å². The SMILES string of the molecule is Cc1ccccc1-c1noc(CN2CCCC(C(=O)N3CCc4cc(S(=O)(=O)N(C)C)ccc43)C2)n1. The van der Waals surface area contributed by atoms with Gasteiger partial charge in [-0.3, -0.25) is 9.69 Å². The van der Waals surface area contributed by atoms with Crippen LogP contribution in [0.2, 0.25) is 0 Å². The molecule has 0 N–H and O–H groups in total. The van der Waals surface area contributed by atoms with Crippen LogP contribution in [0.25, 0.3) is 11.4 Å². The summed E-state index contributed by atoms with van der Waals surface area (Å²) in [5.74, 6) is 1.08. The highest BCUT2D eigenvalue weighted by Crippen LogP contribution is 2.33. The van der Waals surface area contributed by atoms with Crippen LogP contribution >= 0.6 is 0 Å². The summed E-state index contributed by atoms with van der Waals surface area (Å²) in [5, 5.41) is 4.16. The van der Waals surface area contributed by atoms with Crippen molar-refractivity contribution in [3.8, 4) is 11.4 Å². The van der Waals surface area contributed by atoms with Gasteiger partial charge >= 0.3 is 0 Å². The number of fused-ring (bicyclic) bond motifs is 1. The fourth-order valence-corrected chi connectivity index (χ4v) is 6.00. The lowest BCUT2D eigenvalue weighted by molar-refractivity contribution is -0.124. The maximum atomic E-state index is 13.5. The normalized spacial score (nSPS) is 18.6. The van der Waals surface area contributed by atoms with Crippen LogP contribution in [-0.2, 0) is 27.8 Å². The quantitative estimate of drug-likeness (QED) is 0.503. The van der Waals surface area contributed by atoms with Gasteiger partial charge in [0.2, 0.25) is 27.6 Å². The van der Waals surface area contributed by atoms with E-state index in [-0.39, 0.29) is 16.7 Å². The van der Waals surface area contributed by atoms with Gasteiger partial charge in [0.05, 0.1) is 17.4 Å². The van der Waals surface area contributed by atoms with Gasteiger partial charge in [0.1, 0.15) is 0 Å². The van der Waals surface area contributed by atoms with E-state index in [1.54, 1.807) is 18.2 Å². The number of benzene rings is 2. The van der Waals surface area contributed by atoms with Crippen LogP contribution in [0, 0.1) is 12.8 Å². The van der Waals surface area contributed by atoms with Gasteiger partial charge in [0.15, 0.2) is 0 Å². The molecule has 1 aromatic heterocycles. The van der Waals surface area contributed by atoms with Crippen LogP contribution in [0.3, 0.4) is 0 Å². The van der Waals surface area contributed by atoms with E-state index in [1.807, 2.05) is 36.1 Å². The number of sulfonamides is 1. The molecule has 36 heavy (non-hydrogen) atoms. The van der Waals surface area contributed by atoms with E-state index < -0.39 is 10.0 Å². The van der Waals surface area contributed by atoms with Crippen LogP contribution in [0.5, 0.6) is 0 Å². The van der Waals surface area contributed by atoms with E-state index in [0.717, 1.165) is 41.8 Å². The highest BCUT2D eigenvalue weighted by atomic mass is 32.2. The molecule has 0 radical (unpaired) electrons. The average Bonchev–Trinajstić information content (AvgIpc) is 3.50. The largest absolute Gasteiger partial charge is 0.338 e. The standard InChI is InChI=1S/C26H31N5O4S/c1-18-7-4-5-9-22(18)25-27-24(35-28-25)17-30-13-6-8-20(16-30)26(32)31-14-12-19-15-21(10-11-23(19)31)36(33,34)29(2)3/h4-5,7,9-11,15,20H,6,8,12-14,16-17H2,1-3H3. The Hall–Kier alpha value is -3.08. The van der Waals surface area contributed by atoms with Crippen LogP contribution in [-0.4, -0.2) is 67.4 Å². The molecule has 1 fully saturated rings. The molecule has 0 saturated carbocycles. The van der Waals surface area contributed by atoms with Gasteiger partial charge < -0.3 is 9.42 Å². The molecule has 10 heteroatoms. The lowest BCUT2D eigenvalue weighted by atomic mass is 9.96. The highest BCUT2D eigenvalue weighted by molar-refractivity contribution is 7.89. The zero-order valence-corrected chi connectivity index (χ0v) is 21.7. The number of hydrogen-bond acceptors (Lipinski definition) is 7. The van der Waals surface area contributed by atoms with Crippen LogP contribution in [0.4, 0.5) is 5.69 Å². The molecule has 3 heterocycles. The average molecular weight is 510 g/mol. The summed E-state index contributed by atoms with van der Waals surface area (Å²) in [7, 11) is -0.471. The summed E-state index contributed by atoms with van der Waals surface area (Å²) in [6.45, 7) is 4.59. The van der Waals surface area contributed by atoms with Crippen molar-refractivity contribution >= 4 is 21.6 Å². The first kappa shape index (κ1) is 24.6. The van der Waals surface area contributed by atoms with Crippen molar-refractivity contribution < 1.29 is 17.7 Å². The number of hydrogen-bond donors (Lipinski definition) is 0. The van der Waals surface area contributed by atoms with E-state index >= 15 is 0 Å². The van der Waals surface area contributed by atoms with Gasteiger partial charge in [0, 0.05) is 38.4 Å². The fraction of sp³-hybridized carbons (Fsp3) is 0.423. The highest BCUT2D eigenvalue weighted by Gasteiger charge is 2.34. The Morgan fingerprint density at radius 2 is 1.97 bits per heavy atom. The van der Waals surface area contributed by atoms with Crippen LogP contribution in [0.1, 0.15) is 29.9 Å². The lowest BCUT2D eigenvalue weighted by Gasteiger charge is -2.33. The maximum absolute atomic E-state index is 13.5. The number of rotatable bonds is 6. The predicted molar refractivity (Wildman–Crippen MR) is 136 cm³/mol. The molecule has 0 aliphatic carbocycles. The number of aromatic nitrogens is 2. The summed E-state index contributed by atoms with van der Waals surface area (Å²) in [6.07, 6.45) is 2.39. The van der Waals surface area contributed by atoms with Crippen molar-refractivity contribution in [3.63, 3.8) is 0 Å². The fourth-order valence-electron chi connectivity index (χ4n) is 5.04. The summed E-state index contributed by atoms with van der Waals surface area (Å²) >= 11 is 0. The molecule has 1 unspecified atom stereocenters. The summed E-state index contributed by atoms with van der Waals surface area (Å²) < 4.78 is 31.7. The zero-order chi connectivity index (χ0) is 25.4. The Labute approximate surface area is 211 Å². The summed E-state index contributed by atoms with van der Waals surface area (Å²) in [6, 6.07) is 13.0. The third kappa shape index (κ3) is 4.68. The van der Waals surface area contributed by atoms with Gasteiger partial charge in [-0.2, -0.15) is 4.98 Å². The molecule has 1 amide bonds. The molecule has 0 spiro atoms. The van der Waals surface area contributed by atoms with Gasteiger partial charge in [-0.25, -0.2) is 12.7 Å². The molecule has 3 aromatic rings. The lowest BCUT2D eigenvalue weighted by Crippen LogP contribution is -2.44. The molecule has 1 saturated heterocycles. The predicted octanol–water partition coefficient (Wildman–Crippen LogP) is 3.10. The van der Waals surface area contributed by atoms with Crippen LogP contribution in [0.15, 0.2) is 51.9 Å². The van der Waals surface area contributed by atoms with Crippen molar-refractivity contribution in [1.29, 1.82) is 0 Å². The van der Waals surface area contributed by atoms with Crippen LogP contribution < -0.4 is 4.90 Å². The minimum absolute atomic E-state index is 0.0906. The molecule has 9 nitrogen and oxygen atoms in total. The maximum Gasteiger partial charge on any atom is 0.242 e. The number of piperidine rings is 1. The molecular weight excluding hydrogens is 478 g/mol. The third-order valence-electron chi connectivity index (χ3n) is 7.06. The van der Waals surface area contributed by atoms with Gasteiger partial charge in [-0.05, 0) is 62.1 Å². The second-order valence-corrected chi connectivity index (χ2v) is 11.9. The van der Waals surface area contributed by atoms with E-state index in [4.69, 9.17) is 4.52 Å². The number of carbonyl (C=O) groups is 1. The molecule has 190 valence electrons. The third-order valence-corrected chi connectivity index (χ3v) is 8.87. The second-order valence-electron chi connectivity index (χ2n) is 9.72. The van der Waals surface area contributed by atoms with E-state index in [0.29, 0.717) is 37.8 Å². The van der Waals surface area contributed by atoms with E-state index in [1.165, 1.54) is 18.4 Å². The van der Waals surface area contributed by atoms with Crippen molar-refractivity contribution in [3.05, 3.63) is 59.5 Å². The van der Waals surface area contributed by atoms with Crippen molar-refractivity contribution in [2.24, 2.45) is 5.92 Å². The Bertz CT molecular complexity index is 1380. The number of carbonyl (C=O) groups excluding carboxylic acids is 1.